The van der Waals surface area contributed by atoms with Gasteiger partial charge in [0, 0.05) is 23.7 Å². The molecule has 0 saturated carbocycles. The first-order chi connectivity index (χ1) is 9.49. The monoisotopic (exact) mass is 280 g/mol. The molecule has 1 rings (SSSR count). The smallest absolute Gasteiger partial charge is 0.303 e. The molecule has 20 heavy (non-hydrogen) atoms. The quantitative estimate of drug-likeness (QED) is 0.253. The molecule has 0 aromatic rings. The third kappa shape index (κ3) is 3.91. The van der Waals surface area contributed by atoms with Crippen molar-refractivity contribution in [2.24, 2.45) is 10.2 Å². The van der Waals surface area contributed by atoms with Gasteiger partial charge in [0.05, 0.1) is 12.1 Å². The van der Waals surface area contributed by atoms with Crippen molar-refractivity contribution in [2.45, 2.75) is 38.1 Å². The fraction of sp³-hybridized carbons (Fsp3) is 0.600. The summed E-state index contributed by atoms with van der Waals surface area (Å²) in [5.41, 5.74) is 17.0. The molecule has 0 unspecified atom stereocenters. The molecule has 0 heterocycles. The Balaban J connectivity index is 3.18. The van der Waals surface area contributed by atoms with E-state index in [4.69, 9.17) is 20.5 Å². The molecule has 0 aromatic heterocycles. The zero-order valence-corrected chi connectivity index (χ0v) is 10.8. The minimum absolute atomic E-state index is 0.639. The van der Waals surface area contributed by atoms with Crippen LogP contribution in [0.15, 0.2) is 22.4 Å². The molecular weight excluding hydrogens is 268 g/mol. The average molecular weight is 280 g/mol. The van der Waals surface area contributed by atoms with E-state index in [1.54, 1.807) is 0 Å². The second-order valence-corrected chi connectivity index (χ2v) is 3.92. The summed E-state index contributed by atoms with van der Waals surface area (Å²) in [6.45, 7) is 2.33. The SMILES string of the molecule is CC(=O)O[C@H]1[C@H](OC(C)=O)[C@@H](N=[N+]=[N-])C=C[C@@H]1N=[N+]=[N-]. The van der Waals surface area contributed by atoms with E-state index in [0.717, 1.165) is 0 Å². The molecule has 1 aliphatic carbocycles. The van der Waals surface area contributed by atoms with Crippen LogP contribution >= 0.6 is 0 Å². The van der Waals surface area contributed by atoms with Gasteiger partial charge >= 0.3 is 11.9 Å². The van der Waals surface area contributed by atoms with Crippen molar-refractivity contribution in [1.82, 2.24) is 0 Å². The number of ether oxygens (including phenoxy) is 2. The zero-order chi connectivity index (χ0) is 15.1. The van der Waals surface area contributed by atoms with Gasteiger partial charge in [-0.25, -0.2) is 0 Å². The van der Waals surface area contributed by atoms with E-state index in [1.807, 2.05) is 0 Å². The predicted octanol–water partition coefficient (Wildman–Crippen LogP) is 1.78. The van der Waals surface area contributed by atoms with Crippen molar-refractivity contribution in [3.63, 3.8) is 0 Å². The Morgan fingerprint density at radius 2 is 1.30 bits per heavy atom. The molecule has 0 N–H and O–H groups in total. The van der Waals surface area contributed by atoms with Gasteiger partial charge < -0.3 is 9.47 Å². The van der Waals surface area contributed by atoms with E-state index in [2.05, 4.69) is 20.1 Å². The molecule has 1 aliphatic rings. The summed E-state index contributed by atoms with van der Waals surface area (Å²) < 4.78 is 10.1. The van der Waals surface area contributed by atoms with Gasteiger partial charge in [-0.1, -0.05) is 22.4 Å². The van der Waals surface area contributed by atoms with Crippen LogP contribution in [0.3, 0.4) is 0 Å². The van der Waals surface area contributed by atoms with Gasteiger partial charge in [0.1, 0.15) is 0 Å². The van der Waals surface area contributed by atoms with Crippen LogP contribution in [0.1, 0.15) is 13.8 Å². The average Bonchev–Trinajstić information content (AvgIpc) is 2.35. The maximum atomic E-state index is 11.1. The molecule has 10 heteroatoms. The maximum Gasteiger partial charge on any atom is 0.303 e. The van der Waals surface area contributed by atoms with E-state index >= 15 is 0 Å². The topological polar surface area (TPSA) is 150 Å². The second kappa shape index (κ2) is 7.03. The number of rotatable bonds is 4. The summed E-state index contributed by atoms with van der Waals surface area (Å²) >= 11 is 0. The Morgan fingerprint density at radius 1 is 0.950 bits per heavy atom. The number of hydrogen-bond donors (Lipinski definition) is 0. The first-order valence-electron chi connectivity index (χ1n) is 5.60. The van der Waals surface area contributed by atoms with Gasteiger partial charge in [0.25, 0.3) is 0 Å². The molecule has 0 amide bonds. The van der Waals surface area contributed by atoms with Crippen LogP contribution < -0.4 is 0 Å². The Morgan fingerprint density at radius 3 is 1.55 bits per heavy atom. The summed E-state index contributed by atoms with van der Waals surface area (Å²) in [6.07, 6.45) is 0.778. The lowest BCUT2D eigenvalue weighted by Gasteiger charge is -2.34. The largest absolute Gasteiger partial charge is 0.458 e. The lowest BCUT2D eigenvalue weighted by molar-refractivity contribution is -0.167. The van der Waals surface area contributed by atoms with Gasteiger partial charge in [0.15, 0.2) is 12.2 Å². The minimum Gasteiger partial charge on any atom is -0.458 e. The summed E-state index contributed by atoms with van der Waals surface area (Å²) in [5.74, 6) is -1.28. The molecule has 0 bridgehead atoms. The summed E-state index contributed by atoms with van der Waals surface area (Å²) in [4.78, 5) is 27.5. The third-order valence-electron chi connectivity index (χ3n) is 2.48. The number of carbonyl (C=O) groups is 2. The molecule has 0 aromatic carbocycles. The standard InChI is InChI=1S/C10H12N6O4/c1-5(17)19-9-7(13-15-11)3-4-8(14-16-12)10(9)20-6(2)18/h3-4,7-10H,1-2H3/t7-,8-,9+,10+/m0/s1. The van der Waals surface area contributed by atoms with Crippen molar-refractivity contribution in [3.05, 3.63) is 33.0 Å². The van der Waals surface area contributed by atoms with Crippen molar-refractivity contribution >= 4 is 11.9 Å². The summed E-state index contributed by atoms with van der Waals surface area (Å²) in [6, 6.07) is -1.70. The van der Waals surface area contributed by atoms with Gasteiger partial charge in [-0.3, -0.25) is 9.59 Å². The van der Waals surface area contributed by atoms with Crippen molar-refractivity contribution in [3.8, 4) is 0 Å². The van der Waals surface area contributed by atoms with Crippen LogP contribution in [0.2, 0.25) is 0 Å². The Kier molecular flexibility index (Phi) is 5.40. The fourth-order valence-corrected chi connectivity index (χ4v) is 1.82. The fourth-order valence-electron chi connectivity index (χ4n) is 1.82. The molecule has 4 atom stereocenters. The van der Waals surface area contributed by atoms with E-state index in [9.17, 15) is 9.59 Å². The predicted molar refractivity (Wildman–Crippen MR) is 66.1 cm³/mol. The number of nitrogens with zero attached hydrogens (tertiary/aromatic N) is 6. The van der Waals surface area contributed by atoms with Crippen LogP contribution in [0, 0.1) is 0 Å². The van der Waals surface area contributed by atoms with Gasteiger partial charge in [-0.05, 0) is 11.1 Å². The highest BCUT2D eigenvalue weighted by molar-refractivity contribution is 5.67. The second-order valence-electron chi connectivity index (χ2n) is 3.92. The normalized spacial score (nSPS) is 27.7. The van der Waals surface area contributed by atoms with Crippen molar-refractivity contribution < 1.29 is 19.1 Å². The van der Waals surface area contributed by atoms with E-state index < -0.39 is 36.2 Å². The lowest BCUT2D eigenvalue weighted by atomic mass is 9.93. The van der Waals surface area contributed by atoms with Gasteiger partial charge in [-0.15, -0.1) is 0 Å². The first-order valence-corrected chi connectivity index (χ1v) is 5.60. The molecule has 0 spiro atoms. The molecule has 0 saturated heterocycles. The molecule has 0 aliphatic heterocycles. The number of azide groups is 2. The minimum atomic E-state index is -1.05. The molecule has 0 fully saturated rings. The van der Waals surface area contributed by atoms with Crippen molar-refractivity contribution in [2.75, 3.05) is 0 Å². The lowest BCUT2D eigenvalue weighted by Crippen LogP contribution is -2.49. The van der Waals surface area contributed by atoms with Crippen LogP contribution in [0.25, 0.3) is 20.9 Å². The maximum absolute atomic E-state index is 11.1. The summed E-state index contributed by atoms with van der Waals surface area (Å²) in [7, 11) is 0. The van der Waals surface area contributed by atoms with Crippen LogP contribution in [0.4, 0.5) is 0 Å². The van der Waals surface area contributed by atoms with E-state index in [1.165, 1.54) is 26.0 Å². The van der Waals surface area contributed by atoms with Crippen LogP contribution in [-0.4, -0.2) is 36.2 Å². The van der Waals surface area contributed by atoms with Crippen molar-refractivity contribution in [1.29, 1.82) is 0 Å². The first kappa shape index (κ1) is 15.4. The van der Waals surface area contributed by atoms with Gasteiger partial charge in [-0.2, -0.15) is 0 Å². The molecule has 0 radical (unpaired) electrons. The summed E-state index contributed by atoms with van der Waals surface area (Å²) in [5, 5.41) is 6.92. The number of esters is 2. The Bertz CT molecular complexity index is 474. The number of carbonyl (C=O) groups excluding carboxylic acids is 2. The van der Waals surface area contributed by atoms with E-state index in [0.29, 0.717) is 0 Å². The highest BCUT2D eigenvalue weighted by Gasteiger charge is 2.40. The zero-order valence-electron chi connectivity index (χ0n) is 10.8. The third-order valence-corrected chi connectivity index (χ3v) is 2.48. The Labute approximate surface area is 113 Å². The van der Waals surface area contributed by atoms with Crippen LogP contribution in [-0.2, 0) is 19.1 Å². The Hall–Kier alpha value is -2.70. The van der Waals surface area contributed by atoms with Gasteiger partial charge in [0.2, 0.25) is 0 Å². The molecule has 106 valence electrons. The highest BCUT2D eigenvalue weighted by atomic mass is 16.6. The number of hydrogen-bond acceptors (Lipinski definition) is 6. The molecule has 10 nitrogen and oxygen atoms in total. The molecular formula is C10H12N6O4. The highest BCUT2D eigenvalue weighted by Crippen LogP contribution is 2.25. The van der Waals surface area contributed by atoms with E-state index in [-0.39, 0.29) is 0 Å². The van der Waals surface area contributed by atoms with Crippen LogP contribution in [0.5, 0.6) is 0 Å².